The molecule has 2 unspecified atom stereocenters. The van der Waals surface area contributed by atoms with E-state index in [4.69, 9.17) is 0 Å². The Morgan fingerprint density at radius 3 is 2.65 bits per heavy atom. The minimum atomic E-state index is -1.26. The van der Waals surface area contributed by atoms with Gasteiger partial charge in [-0.15, -0.1) is 0 Å². The summed E-state index contributed by atoms with van der Waals surface area (Å²) in [6.07, 6.45) is 2.34. The van der Waals surface area contributed by atoms with Gasteiger partial charge in [-0.05, 0) is 17.7 Å². The van der Waals surface area contributed by atoms with Crippen molar-refractivity contribution < 1.29 is 9.66 Å². The molecule has 2 atom stereocenters. The molecule has 2 aromatic heterocycles. The summed E-state index contributed by atoms with van der Waals surface area (Å²) >= 11 is -1.26. The van der Waals surface area contributed by atoms with Crippen molar-refractivity contribution in [3.05, 3.63) is 59.9 Å². The number of benzene rings is 1. The van der Waals surface area contributed by atoms with Gasteiger partial charge in [0, 0.05) is 11.2 Å². The van der Waals surface area contributed by atoms with Gasteiger partial charge >= 0.3 is 5.16 Å². The maximum Gasteiger partial charge on any atom is 0.359 e. The zero-order chi connectivity index (χ0) is 14.1. The molecule has 0 aliphatic carbocycles. The number of fused-ring (bicyclic) bond motifs is 1. The van der Waals surface area contributed by atoms with Crippen LogP contribution < -0.4 is 0 Å². The Morgan fingerprint density at radius 1 is 1.20 bits per heavy atom. The van der Waals surface area contributed by atoms with Crippen LogP contribution in [0, 0.1) is 0 Å². The normalized spacial score (nSPS) is 14.3. The molecule has 0 saturated carbocycles. The van der Waals surface area contributed by atoms with E-state index >= 15 is 0 Å². The van der Waals surface area contributed by atoms with Gasteiger partial charge in [0.2, 0.25) is 0 Å². The molecule has 0 aliphatic rings. The van der Waals surface area contributed by atoms with Gasteiger partial charge in [0.1, 0.15) is 12.4 Å². The molecule has 102 valence electrons. The van der Waals surface area contributed by atoms with Gasteiger partial charge in [-0.25, -0.2) is 4.52 Å². The lowest BCUT2D eigenvalue weighted by molar-refractivity contribution is 0.212. The number of aliphatic hydroxyl groups is 1. The molecule has 0 radical (unpaired) electrons. The highest BCUT2D eigenvalue weighted by molar-refractivity contribution is 7.90. The number of hydrogen-bond donors (Lipinski definition) is 1. The average Bonchev–Trinajstić information content (AvgIpc) is 2.90. The monoisotopic (exact) mass is 287 g/mol. The Hall–Kier alpha value is -1.89. The molecular formula is C14H13N3O2S. The van der Waals surface area contributed by atoms with Crippen molar-refractivity contribution >= 4 is 16.7 Å². The van der Waals surface area contributed by atoms with Gasteiger partial charge in [0.15, 0.2) is 0 Å². The second-order valence-electron chi connectivity index (χ2n) is 4.40. The van der Waals surface area contributed by atoms with Crippen LogP contribution in [0.4, 0.5) is 0 Å². The highest BCUT2D eigenvalue weighted by Gasteiger charge is 2.17. The Labute approximate surface area is 119 Å². The fourth-order valence-electron chi connectivity index (χ4n) is 2.05. The number of hydrogen-bond acceptors (Lipinski definition) is 4. The molecule has 1 aromatic carbocycles. The fraction of sp³-hybridized carbons (Fsp3) is 0.143. The minimum Gasteiger partial charge on any atom is -0.609 e. The van der Waals surface area contributed by atoms with E-state index in [1.54, 1.807) is 16.8 Å². The van der Waals surface area contributed by atoms with Crippen LogP contribution in [0.2, 0.25) is 0 Å². The molecule has 0 amide bonds. The third-order valence-electron chi connectivity index (χ3n) is 3.06. The Kier molecular flexibility index (Phi) is 3.43. The first-order chi connectivity index (χ1) is 9.66. The summed E-state index contributed by atoms with van der Waals surface area (Å²) in [7, 11) is 0. The summed E-state index contributed by atoms with van der Waals surface area (Å²) in [5.41, 5.74) is 2.16. The number of rotatable bonds is 3. The maximum absolute atomic E-state index is 11.5. The van der Waals surface area contributed by atoms with Crippen molar-refractivity contribution in [3.63, 3.8) is 0 Å². The SMILES string of the molecule is C[S+]([O-])c1ncc2ccc(C(O)c3ccccc3)n2n1. The quantitative estimate of drug-likeness (QED) is 0.742. The first-order valence-corrected chi connectivity index (χ1v) is 7.64. The molecule has 1 N–H and O–H groups in total. The van der Waals surface area contributed by atoms with E-state index in [-0.39, 0.29) is 5.16 Å². The van der Waals surface area contributed by atoms with E-state index in [9.17, 15) is 9.66 Å². The maximum atomic E-state index is 11.5. The van der Waals surface area contributed by atoms with Crippen molar-refractivity contribution in [2.45, 2.75) is 11.3 Å². The molecule has 0 fully saturated rings. The van der Waals surface area contributed by atoms with E-state index in [1.165, 1.54) is 6.26 Å². The molecule has 0 spiro atoms. The summed E-state index contributed by atoms with van der Waals surface area (Å²) in [6.45, 7) is 0. The standard InChI is InChI=1S/C14H13N3O2S/c1-20(19)14-15-9-11-7-8-12(17(11)16-14)13(18)10-5-3-2-4-6-10/h2-9,13,18H,1H3. The van der Waals surface area contributed by atoms with Gasteiger partial charge in [-0.1, -0.05) is 35.4 Å². The summed E-state index contributed by atoms with van der Waals surface area (Å²) < 4.78 is 13.1. The summed E-state index contributed by atoms with van der Waals surface area (Å²) in [5, 5.41) is 14.9. The zero-order valence-corrected chi connectivity index (χ0v) is 11.6. The van der Waals surface area contributed by atoms with Gasteiger partial charge in [0.25, 0.3) is 0 Å². The number of aromatic nitrogens is 3. The van der Waals surface area contributed by atoms with Gasteiger partial charge < -0.3 is 9.66 Å². The molecule has 6 heteroatoms. The molecule has 5 nitrogen and oxygen atoms in total. The molecular weight excluding hydrogens is 274 g/mol. The van der Waals surface area contributed by atoms with Crippen molar-refractivity contribution in [2.75, 3.05) is 6.26 Å². The van der Waals surface area contributed by atoms with E-state index in [0.717, 1.165) is 11.1 Å². The predicted octanol–water partition coefficient (Wildman–Crippen LogP) is 1.55. The van der Waals surface area contributed by atoms with E-state index in [0.29, 0.717) is 5.69 Å². The van der Waals surface area contributed by atoms with Crippen molar-refractivity contribution in [2.24, 2.45) is 0 Å². The highest BCUT2D eigenvalue weighted by atomic mass is 32.2. The zero-order valence-electron chi connectivity index (χ0n) is 10.8. The Balaban J connectivity index is 2.09. The summed E-state index contributed by atoms with van der Waals surface area (Å²) in [5.74, 6) is 0. The second-order valence-corrected chi connectivity index (χ2v) is 5.68. The van der Waals surface area contributed by atoms with E-state index < -0.39 is 17.3 Å². The Morgan fingerprint density at radius 2 is 1.95 bits per heavy atom. The minimum absolute atomic E-state index is 0.246. The van der Waals surface area contributed by atoms with E-state index in [1.807, 2.05) is 36.4 Å². The lowest BCUT2D eigenvalue weighted by Gasteiger charge is -2.11. The predicted molar refractivity (Wildman–Crippen MR) is 75.8 cm³/mol. The van der Waals surface area contributed by atoms with Gasteiger partial charge in [-0.3, -0.25) is 0 Å². The van der Waals surface area contributed by atoms with E-state index in [2.05, 4.69) is 10.1 Å². The number of nitrogens with zero attached hydrogens (tertiary/aromatic N) is 3. The first kappa shape index (κ1) is 13.1. The molecule has 3 rings (SSSR count). The topological polar surface area (TPSA) is 73.5 Å². The third-order valence-corrected chi connectivity index (χ3v) is 3.76. The highest BCUT2D eigenvalue weighted by Crippen LogP contribution is 2.23. The second kappa shape index (κ2) is 5.24. The summed E-state index contributed by atoms with van der Waals surface area (Å²) in [4.78, 5) is 4.04. The third kappa shape index (κ3) is 2.29. The Bertz CT molecular complexity index is 728. The fourth-order valence-corrected chi connectivity index (χ4v) is 2.45. The smallest absolute Gasteiger partial charge is 0.359 e. The molecule has 0 saturated heterocycles. The van der Waals surface area contributed by atoms with Crippen LogP contribution in [-0.2, 0) is 11.2 Å². The summed E-state index contributed by atoms with van der Waals surface area (Å²) in [6, 6.07) is 13.0. The van der Waals surface area contributed by atoms with Gasteiger partial charge in [-0.2, -0.15) is 4.98 Å². The van der Waals surface area contributed by atoms with Crippen LogP contribution in [-0.4, -0.2) is 30.5 Å². The number of aliphatic hydroxyl groups excluding tert-OH is 1. The van der Waals surface area contributed by atoms with Crippen LogP contribution >= 0.6 is 0 Å². The molecule has 20 heavy (non-hydrogen) atoms. The average molecular weight is 287 g/mol. The lowest BCUT2D eigenvalue weighted by atomic mass is 10.1. The van der Waals surface area contributed by atoms with Crippen LogP contribution in [0.25, 0.3) is 5.52 Å². The van der Waals surface area contributed by atoms with Crippen LogP contribution in [0.3, 0.4) is 0 Å². The van der Waals surface area contributed by atoms with Crippen molar-refractivity contribution in [1.29, 1.82) is 0 Å². The molecule has 3 aromatic rings. The molecule has 2 heterocycles. The molecule has 0 bridgehead atoms. The van der Waals surface area contributed by atoms with Crippen LogP contribution in [0.5, 0.6) is 0 Å². The van der Waals surface area contributed by atoms with Crippen LogP contribution in [0.15, 0.2) is 53.8 Å². The largest absolute Gasteiger partial charge is 0.609 e. The van der Waals surface area contributed by atoms with Crippen LogP contribution in [0.1, 0.15) is 17.4 Å². The van der Waals surface area contributed by atoms with Gasteiger partial charge in [0.05, 0.1) is 17.4 Å². The molecule has 0 aliphatic heterocycles. The lowest BCUT2D eigenvalue weighted by Crippen LogP contribution is -2.11. The first-order valence-electron chi connectivity index (χ1n) is 6.08. The van der Waals surface area contributed by atoms with Crippen molar-refractivity contribution in [1.82, 2.24) is 14.6 Å². The van der Waals surface area contributed by atoms with Crippen molar-refractivity contribution in [3.8, 4) is 0 Å².